The molecule has 0 radical (unpaired) electrons. The molecule has 0 aliphatic rings. The van der Waals surface area contributed by atoms with Crippen molar-refractivity contribution in [2.45, 2.75) is 25.8 Å². The first-order valence-corrected chi connectivity index (χ1v) is 6.04. The highest BCUT2D eigenvalue weighted by atomic mass is 19.1. The first-order chi connectivity index (χ1) is 7.85. The van der Waals surface area contributed by atoms with Gasteiger partial charge in [0.15, 0.2) is 0 Å². The predicted octanol–water partition coefficient (Wildman–Crippen LogP) is 2.59. The third kappa shape index (κ3) is 3.79. The van der Waals surface area contributed by atoms with Gasteiger partial charge in [-0.05, 0) is 32.5 Å². The van der Waals surface area contributed by atoms with E-state index in [1.165, 1.54) is 6.07 Å². The van der Waals surface area contributed by atoms with Crippen LogP contribution in [0.1, 0.15) is 25.8 Å². The summed E-state index contributed by atoms with van der Waals surface area (Å²) >= 11 is 0. The van der Waals surface area contributed by atoms with Crippen molar-refractivity contribution >= 4 is 0 Å². The van der Waals surface area contributed by atoms with Crippen molar-refractivity contribution in [2.24, 2.45) is 11.7 Å². The third-order valence-corrected chi connectivity index (χ3v) is 2.78. The van der Waals surface area contributed by atoms with Crippen LogP contribution in [0.2, 0.25) is 0 Å². The smallest absolute Gasteiger partial charge is 0.128 e. The van der Waals surface area contributed by atoms with Gasteiger partial charge in [0.05, 0.1) is 5.54 Å². The standard InChI is InChI=1S/C14H23FN2/c1-11(2)9-14(16,10-17(3)4)12-7-5-6-8-13(12)15/h5-8,11H,9-10,16H2,1-4H3. The van der Waals surface area contributed by atoms with Crippen LogP contribution in [-0.4, -0.2) is 25.5 Å². The normalized spacial score (nSPS) is 15.3. The van der Waals surface area contributed by atoms with E-state index in [4.69, 9.17) is 5.73 Å². The lowest BCUT2D eigenvalue weighted by molar-refractivity contribution is 0.243. The number of nitrogens with two attached hydrogens (primary N) is 1. The highest BCUT2D eigenvalue weighted by molar-refractivity contribution is 5.26. The Kier molecular flexibility index (Phi) is 4.66. The van der Waals surface area contributed by atoms with Crippen LogP contribution in [0.15, 0.2) is 24.3 Å². The first kappa shape index (κ1) is 14.1. The van der Waals surface area contributed by atoms with E-state index < -0.39 is 5.54 Å². The SMILES string of the molecule is CC(C)CC(N)(CN(C)C)c1ccccc1F. The van der Waals surface area contributed by atoms with Crippen LogP contribution < -0.4 is 5.73 Å². The van der Waals surface area contributed by atoms with Crippen molar-refractivity contribution in [3.8, 4) is 0 Å². The molecule has 0 spiro atoms. The molecule has 0 saturated heterocycles. The number of hydrogen-bond donors (Lipinski definition) is 1. The number of likely N-dealkylation sites (N-methyl/N-ethyl adjacent to an activating group) is 1. The zero-order chi connectivity index (χ0) is 13.1. The Morgan fingerprint density at radius 3 is 2.35 bits per heavy atom. The molecule has 17 heavy (non-hydrogen) atoms. The molecule has 1 atom stereocenters. The van der Waals surface area contributed by atoms with Gasteiger partial charge in [-0.1, -0.05) is 32.0 Å². The topological polar surface area (TPSA) is 29.3 Å². The van der Waals surface area contributed by atoms with Gasteiger partial charge in [0.25, 0.3) is 0 Å². The van der Waals surface area contributed by atoms with Gasteiger partial charge >= 0.3 is 0 Å². The number of hydrogen-bond acceptors (Lipinski definition) is 2. The van der Waals surface area contributed by atoms with Gasteiger partial charge in [0.2, 0.25) is 0 Å². The van der Waals surface area contributed by atoms with Crippen molar-refractivity contribution in [1.82, 2.24) is 4.90 Å². The lowest BCUT2D eigenvalue weighted by atomic mass is 9.82. The van der Waals surface area contributed by atoms with Crippen molar-refractivity contribution in [1.29, 1.82) is 0 Å². The van der Waals surface area contributed by atoms with Gasteiger partial charge < -0.3 is 10.6 Å². The van der Waals surface area contributed by atoms with E-state index in [1.54, 1.807) is 12.1 Å². The van der Waals surface area contributed by atoms with E-state index in [-0.39, 0.29) is 5.82 Å². The van der Waals surface area contributed by atoms with Crippen LogP contribution in [-0.2, 0) is 5.54 Å². The van der Waals surface area contributed by atoms with Crippen LogP contribution in [0, 0.1) is 11.7 Å². The van der Waals surface area contributed by atoms with Gasteiger partial charge in [-0.15, -0.1) is 0 Å². The van der Waals surface area contributed by atoms with E-state index in [0.29, 0.717) is 18.0 Å². The minimum atomic E-state index is -0.622. The van der Waals surface area contributed by atoms with E-state index in [9.17, 15) is 4.39 Å². The molecule has 0 heterocycles. The zero-order valence-corrected chi connectivity index (χ0v) is 11.2. The average Bonchev–Trinajstić information content (AvgIpc) is 2.15. The largest absolute Gasteiger partial charge is 0.320 e. The maximum atomic E-state index is 13.9. The van der Waals surface area contributed by atoms with Crippen LogP contribution in [0.5, 0.6) is 0 Å². The summed E-state index contributed by atoms with van der Waals surface area (Å²) in [4.78, 5) is 2.01. The fourth-order valence-corrected chi connectivity index (χ4v) is 2.42. The average molecular weight is 238 g/mol. The Balaban J connectivity index is 3.09. The number of rotatable bonds is 5. The van der Waals surface area contributed by atoms with Gasteiger partial charge in [0.1, 0.15) is 5.82 Å². The molecule has 96 valence electrons. The molecule has 1 rings (SSSR count). The molecule has 1 aromatic carbocycles. The maximum absolute atomic E-state index is 13.9. The molecule has 0 aromatic heterocycles. The van der Waals surface area contributed by atoms with E-state index in [2.05, 4.69) is 13.8 Å². The van der Waals surface area contributed by atoms with Gasteiger partial charge in [0, 0.05) is 12.1 Å². The Morgan fingerprint density at radius 2 is 1.88 bits per heavy atom. The molecular formula is C14H23FN2. The second-order valence-electron chi connectivity index (χ2n) is 5.47. The summed E-state index contributed by atoms with van der Waals surface area (Å²) in [6, 6.07) is 6.81. The summed E-state index contributed by atoms with van der Waals surface area (Å²) in [5, 5.41) is 0. The van der Waals surface area contributed by atoms with Crippen molar-refractivity contribution in [3.05, 3.63) is 35.6 Å². The molecule has 0 bridgehead atoms. The second-order valence-corrected chi connectivity index (χ2v) is 5.47. The molecule has 0 aliphatic heterocycles. The van der Waals surface area contributed by atoms with E-state index in [0.717, 1.165) is 6.42 Å². The predicted molar refractivity (Wildman–Crippen MR) is 70.3 cm³/mol. The summed E-state index contributed by atoms with van der Waals surface area (Å²) in [6.45, 7) is 4.86. The van der Waals surface area contributed by atoms with Gasteiger partial charge in [-0.3, -0.25) is 0 Å². The van der Waals surface area contributed by atoms with Gasteiger partial charge in [-0.25, -0.2) is 4.39 Å². The summed E-state index contributed by atoms with van der Waals surface area (Å²) < 4.78 is 13.9. The first-order valence-electron chi connectivity index (χ1n) is 6.04. The molecule has 0 saturated carbocycles. The molecule has 0 aliphatic carbocycles. The third-order valence-electron chi connectivity index (χ3n) is 2.78. The Hall–Kier alpha value is -0.930. The van der Waals surface area contributed by atoms with E-state index in [1.807, 2.05) is 25.1 Å². The molecule has 0 fully saturated rings. The lowest BCUT2D eigenvalue weighted by Gasteiger charge is -2.34. The summed E-state index contributed by atoms with van der Waals surface area (Å²) in [5.74, 6) is 0.219. The van der Waals surface area contributed by atoms with Crippen LogP contribution in [0.3, 0.4) is 0 Å². The fraction of sp³-hybridized carbons (Fsp3) is 0.571. The van der Waals surface area contributed by atoms with Crippen molar-refractivity contribution < 1.29 is 4.39 Å². The number of halogens is 1. The molecule has 3 heteroatoms. The van der Waals surface area contributed by atoms with Crippen molar-refractivity contribution in [2.75, 3.05) is 20.6 Å². The van der Waals surface area contributed by atoms with E-state index >= 15 is 0 Å². The fourth-order valence-electron chi connectivity index (χ4n) is 2.42. The van der Waals surface area contributed by atoms with Crippen LogP contribution in [0.25, 0.3) is 0 Å². The highest BCUT2D eigenvalue weighted by Crippen LogP contribution is 2.28. The van der Waals surface area contributed by atoms with Crippen LogP contribution >= 0.6 is 0 Å². The van der Waals surface area contributed by atoms with Crippen molar-refractivity contribution in [3.63, 3.8) is 0 Å². The second kappa shape index (κ2) is 5.61. The number of nitrogens with zero attached hydrogens (tertiary/aromatic N) is 1. The zero-order valence-electron chi connectivity index (χ0n) is 11.2. The molecular weight excluding hydrogens is 215 g/mol. The number of benzene rings is 1. The Labute approximate surface area is 104 Å². The molecule has 2 N–H and O–H groups in total. The quantitative estimate of drug-likeness (QED) is 0.854. The summed E-state index contributed by atoms with van der Waals surface area (Å²) in [7, 11) is 3.92. The minimum absolute atomic E-state index is 0.211. The Bertz CT molecular complexity index is 351. The molecule has 1 aromatic rings. The summed E-state index contributed by atoms with van der Waals surface area (Å²) in [5.41, 5.74) is 6.43. The van der Waals surface area contributed by atoms with Crippen LogP contribution in [0.4, 0.5) is 4.39 Å². The lowest BCUT2D eigenvalue weighted by Crippen LogP contribution is -2.47. The summed E-state index contributed by atoms with van der Waals surface area (Å²) in [6.07, 6.45) is 0.770. The molecule has 2 nitrogen and oxygen atoms in total. The molecule has 0 amide bonds. The van der Waals surface area contributed by atoms with Gasteiger partial charge in [-0.2, -0.15) is 0 Å². The monoisotopic (exact) mass is 238 g/mol. The minimum Gasteiger partial charge on any atom is -0.320 e. The Morgan fingerprint density at radius 1 is 1.29 bits per heavy atom. The maximum Gasteiger partial charge on any atom is 0.128 e. The highest BCUT2D eigenvalue weighted by Gasteiger charge is 2.31. The molecule has 1 unspecified atom stereocenters.